The topological polar surface area (TPSA) is 58.6 Å². The van der Waals surface area contributed by atoms with Crippen LogP contribution in [-0.2, 0) is 9.59 Å². The quantitative estimate of drug-likeness (QED) is 0.811. The van der Waals surface area contributed by atoms with Crippen molar-refractivity contribution in [3.8, 4) is 5.75 Å². The Morgan fingerprint density at radius 2 is 2.08 bits per heavy atom. The summed E-state index contributed by atoms with van der Waals surface area (Å²) in [4.78, 5) is 26.5. The number of hydrogen-bond donors (Lipinski definition) is 1. The summed E-state index contributed by atoms with van der Waals surface area (Å²) in [5.74, 6) is 0.182. The van der Waals surface area contributed by atoms with Crippen LogP contribution in [0.4, 0.5) is 11.4 Å². The van der Waals surface area contributed by atoms with Gasteiger partial charge in [0.25, 0.3) is 0 Å². The first-order chi connectivity index (χ1) is 12.6. The highest BCUT2D eigenvalue weighted by molar-refractivity contribution is 6.03. The Balaban J connectivity index is 1.62. The van der Waals surface area contributed by atoms with Gasteiger partial charge in [-0.05, 0) is 48.9 Å². The lowest BCUT2D eigenvalue weighted by atomic mass is 10.1. The van der Waals surface area contributed by atoms with Crippen LogP contribution in [0.5, 0.6) is 5.75 Å². The Morgan fingerprint density at radius 1 is 1.31 bits per heavy atom. The Labute approximate surface area is 153 Å². The third kappa shape index (κ3) is 4.11. The van der Waals surface area contributed by atoms with Gasteiger partial charge < -0.3 is 15.0 Å². The van der Waals surface area contributed by atoms with Crippen LogP contribution in [-0.4, -0.2) is 25.0 Å². The van der Waals surface area contributed by atoms with Crippen LogP contribution in [0.25, 0.3) is 0 Å². The maximum Gasteiger partial charge on any atom is 0.229 e. The third-order valence-electron chi connectivity index (χ3n) is 4.30. The third-order valence-corrected chi connectivity index (χ3v) is 4.30. The van der Waals surface area contributed by atoms with E-state index in [0.29, 0.717) is 24.6 Å². The van der Waals surface area contributed by atoms with Crippen LogP contribution in [0.2, 0.25) is 0 Å². The Hall–Kier alpha value is -3.08. The first-order valence-corrected chi connectivity index (χ1v) is 8.58. The maximum absolute atomic E-state index is 12.5. The molecule has 1 aliphatic heterocycles. The summed E-state index contributed by atoms with van der Waals surface area (Å²) < 4.78 is 5.42. The molecule has 1 aliphatic rings. The first kappa shape index (κ1) is 17.7. The Kier molecular flexibility index (Phi) is 5.37. The molecule has 1 fully saturated rings. The predicted molar refractivity (Wildman–Crippen MR) is 102 cm³/mol. The predicted octanol–water partition coefficient (Wildman–Crippen LogP) is 3.55. The minimum Gasteiger partial charge on any atom is -0.490 e. The number of hydrogen-bond acceptors (Lipinski definition) is 3. The van der Waals surface area contributed by atoms with Crippen LogP contribution in [0.15, 0.2) is 61.2 Å². The summed E-state index contributed by atoms with van der Waals surface area (Å²) in [7, 11) is 0. The molecule has 1 saturated heterocycles. The number of carbonyl (C=O) groups excluding carboxylic acids is 2. The molecule has 0 radical (unpaired) electrons. The molecule has 1 heterocycles. The van der Waals surface area contributed by atoms with Crippen molar-refractivity contribution < 1.29 is 14.3 Å². The number of amides is 2. The van der Waals surface area contributed by atoms with Crippen LogP contribution >= 0.6 is 0 Å². The second-order valence-electron chi connectivity index (χ2n) is 6.36. The van der Waals surface area contributed by atoms with Gasteiger partial charge in [0, 0.05) is 24.3 Å². The van der Waals surface area contributed by atoms with E-state index in [-0.39, 0.29) is 24.2 Å². The van der Waals surface area contributed by atoms with Gasteiger partial charge >= 0.3 is 0 Å². The molecule has 2 amide bonds. The fourth-order valence-corrected chi connectivity index (χ4v) is 2.96. The van der Waals surface area contributed by atoms with Gasteiger partial charge in [0.1, 0.15) is 12.4 Å². The molecule has 0 spiro atoms. The number of aryl methyl sites for hydroxylation is 1. The van der Waals surface area contributed by atoms with Crippen LogP contribution in [0.1, 0.15) is 12.0 Å². The molecular formula is C21H22N2O3. The van der Waals surface area contributed by atoms with E-state index in [0.717, 1.165) is 11.3 Å². The molecule has 5 heteroatoms. The SMILES string of the molecule is C=CCOc1ccc(NC(=O)[C@H]2CC(=O)N(c3cccc(C)c3)C2)cc1. The number of ether oxygens (including phenoxy) is 1. The lowest BCUT2D eigenvalue weighted by Gasteiger charge is -2.17. The zero-order valence-electron chi connectivity index (χ0n) is 14.8. The summed E-state index contributed by atoms with van der Waals surface area (Å²) in [6.07, 6.45) is 1.90. The summed E-state index contributed by atoms with van der Waals surface area (Å²) in [6.45, 7) is 6.42. The summed E-state index contributed by atoms with van der Waals surface area (Å²) >= 11 is 0. The summed E-state index contributed by atoms with van der Waals surface area (Å²) in [5.41, 5.74) is 2.61. The number of anilines is 2. The van der Waals surface area contributed by atoms with Gasteiger partial charge in [0.2, 0.25) is 11.8 Å². The van der Waals surface area contributed by atoms with Crippen LogP contribution in [0, 0.1) is 12.8 Å². The average Bonchev–Trinajstić information content (AvgIpc) is 3.03. The van der Waals surface area contributed by atoms with Crippen LogP contribution in [0.3, 0.4) is 0 Å². The number of nitrogens with one attached hydrogen (secondary N) is 1. The highest BCUT2D eigenvalue weighted by Crippen LogP contribution is 2.27. The lowest BCUT2D eigenvalue weighted by Crippen LogP contribution is -2.28. The normalized spacial score (nSPS) is 16.4. The smallest absolute Gasteiger partial charge is 0.229 e. The van der Waals surface area contributed by atoms with E-state index in [1.807, 2.05) is 31.2 Å². The molecule has 2 aromatic carbocycles. The molecular weight excluding hydrogens is 328 g/mol. The number of carbonyl (C=O) groups is 2. The second-order valence-corrected chi connectivity index (χ2v) is 6.36. The fourth-order valence-electron chi connectivity index (χ4n) is 2.96. The van der Waals surface area contributed by atoms with Gasteiger partial charge in [-0.25, -0.2) is 0 Å². The molecule has 1 atom stereocenters. The minimum absolute atomic E-state index is 0.0241. The fraction of sp³-hybridized carbons (Fsp3) is 0.238. The van der Waals surface area contributed by atoms with Crippen molar-refractivity contribution in [2.75, 3.05) is 23.4 Å². The van der Waals surface area contributed by atoms with E-state index in [2.05, 4.69) is 11.9 Å². The largest absolute Gasteiger partial charge is 0.490 e. The molecule has 1 N–H and O–H groups in total. The molecule has 26 heavy (non-hydrogen) atoms. The van der Waals surface area contributed by atoms with E-state index in [4.69, 9.17) is 4.74 Å². The summed E-state index contributed by atoms with van der Waals surface area (Å²) in [6, 6.07) is 14.9. The lowest BCUT2D eigenvalue weighted by molar-refractivity contribution is -0.122. The van der Waals surface area contributed by atoms with E-state index in [9.17, 15) is 9.59 Å². The van der Waals surface area contributed by atoms with Crippen molar-refractivity contribution in [3.05, 3.63) is 66.7 Å². The summed E-state index contributed by atoms with van der Waals surface area (Å²) in [5, 5.41) is 2.88. The second kappa shape index (κ2) is 7.87. The first-order valence-electron chi connectivity index (χ1n) is 8.58. The zero-order valence-corrected chi connectivity index (χ0v) is 14.8. The van der Waals surface area contributed by atoms with E-state index < -0.39 is 0 Å². The molecule has 5 nitrogen and oxygen atoms in total. The van der Waals surface area contributed by atoms with Crippen molar-refractivity contribution in [1.29, 1.82) is 0 Å². The van der Waals surface area contributed by atoms with Gasteiger partial charge in [-0.2, -0.15) is 0 Å². The molecule has 0 aromatic heterocycles. The minimum atomic E-state index is -0.361. The van der Waals surface area contributed by atoms with Gasteiger partial charge in [-0.15, -0.1) is 0 Å². The number of benzene rings is 2. The molecule has 3 rings (SSSR count). The molecule has 0 saturated carbocycles. The number of rotatable bonds is 6. The van der Waals surface area contributed by atoms with Crippen molar-refractivity contribution in [2.45, 2.75) is 13.3 Å². The standard InChI is InChI=1S/C21H22N2O3/c1-3-11-26-19-9-7-17(8-10-19)22-21(25)16-13-20(24)23(14-16)18-6-4-5-15(2)12-18/h3-10,12,16H,1,11,13-14H2,2H3,(H,22,25)/t16-/m0/s1. The maximum atomic E-state index is 12.5. The molecule has 0 unspecified atom stereocenters. The molecule has 0 aliphatic carbocycles. The van der Waals surface area contributed by atoms with Crippen LogP contribution < -0.4 is 15.0 Å². The van der Waals surface area contributed by atoms with Gasteiger partial charge in [-0.1, -0.05) is 24.8 Å². The van der Waals surface area contributed by atoms with Crippen molar-refractivity contribution in [3.63, 3.8) is 0 Å². The number of nitrogens with zero attached hydrogens (tertiary/aromatic N) is 1. The van der Waals surface area contributed by atoms with E-state index in [1.165, 1.54) is 0 Å². The molecule has 134 valence electrons. The van der Waals surface area contributed by atoms with Gasteiger partial charge in [-0.3, -0.25) is 9.59 Å². The molecule has 0 bridgehead atoms. The highest BCUT2D eigenvalue weighted by Gasteiger charge is 2.35. The van der Waals surface area contributed by atoms with Gasteiger partial charge in [0.05, 0.1) is 5.92 Å². The highest BCUT2D eigenvalue weighted by atomic mass is 16.5. The van der Waals surface area contributed by atoms with E-state index >= 15 is 0 Å². The average molecular weight is 350 g/mol. The zero-order chi connectivity index (χ0) is 18.5. The van der Waals surface area contributed by atoms with Gasteiger partial charge in [0.15, 0.2) is 0 Å². The Bertz CT molecular complexity index is 814. The molecule has 2 aromatic rings. The monoisotopic (exact) mass is 350 g/mol. The van der Waals surface area contributed by atoms with Crippen molar-refractivity contribution in [2.24, 2.45) is 5.92 Å². The van der Waals surface area contributed by atoms with Crippen molar-refractivity contribution >= 4 is 23.2 Å². The van der Waals surface area contributed by atoms with E-state index in [1.54, 1.807) is 35.2 Å². The Morgan fingerprint density at radius 3 is 2.77 bits per heavy atom. The van der Waals surface area contributed by atoms with Crippen molar-refractivity contribution in [1.82, 2.24) is 0 Å².